The number of ether oxygens (including phenoxy) is 1. The highest BCUT2D eigenvalue weighted by atomic mass is 16.7. The van der Waals surface area contributed by atoms with E-state index in [-0.39, 0.29) is 5.91 Å². The Balaban J connectivity index is 1.29. The molecular weight excluding hydrogens is 454 g/mol. The van der Waals surface area contributed by atoms with Gasteiger partial charge < -0.3 is 4.74 Å². The minimum atomic E-state index is -0.214. The van der Waals surface area contributed by atoms with Crippen LogP contribution in [0, 0.1) is 0 Å². The molecule has 0 bridgehead atoms. The lowest BCUT2D eigenvalue weighted by atomic mass is 10.1. The van der Waals surface area contributed by atoms with E-state index in [4.69, 9.17) is 19.7 Å². The summed E-state index contributed by atoms with van der Waals surface area (Å²) in [5.74, 6) is 1.41. The third-order valence-corrected chi connectivity index (χ3v) is 6.53. The lowest BCUT2D eigenvalue weighted by Gasteiger charge is -2.14. The van der Waals surface area contributed by atoms with Gasteiger partial charge >= 0.3 is 0 Å². The molecule has 0 aliphatic carbocycles. The lowest BCUT2D eigenvalue weighted by molar-refractivity contribution is -0.0756. The molecule has 1 amide bonds. The minimum absolute atomic E-state index is 0.214. The molecule has 0 atom stereocenters. The van der Waals surface area contributed by atoms with Gasteiger partial charge in [0, 0.05) is 31.1 Å². The van der Waals surface area contributed by atoms with Crippen molar-refractivity contribution >= 4 is 11.6 Å². The Morgan fingerprint density at radius 1 is 1.03 bits per heavy atom. The second kappa shape index (κ2) is 10.9. The molecule has 0 radical (unpaired) electrons. The Morgan fingerprint density at radius 3 is 2.58 bits per heavy atom. The fraction of sp³-hybridized carbons (Fsp3) is 0.321. The van der Waals surface area contributed by atoms with Gasteiger partial charge in [-0.25, -0.2) is 14.6 Å². The highest BCUT2D eigenvalue weighted by molar-refractivity contribution is 5.94. The molecule has 1 fully saturated rings. The van der Waals surface area contributed by atoms with Crippen molar-refractivity contribution in [1.82, 2.24) is 24.6 Å². The van der Waals surface area contributed by atoms with Crippen molar-refractivity contribution in [3.8, 4) is 17.0 Å². The summed E-state index contributed by atoms with van der Waals surface area (Å²) in [6, 6.07) is 21.5. The largest absolute Gasteiger partial charge is 0.492 e. The van der Waals surface area contributed by atoms with Crippen molar-refractivity contribution in [2.24, 2.45) is 0 Å². The van der Waals surface area contributed by atoms with Crippen molar-refractivity contribution in [3.05, 3.63) is 83.7 Å². The van der Waals surface area contributed by atoms with E-state index in [0.29, 0.717) is 18.6 Å². The summed E-state index contributed by atoms with van der Waals surface area (Å²) in [5, 5.41) is 5.98. The zero-order valence-electron chi connectivity index (χ0n) is 20.8. The third-order valence-electron chi connectivity index (χ3n) is 6.53. The standard InChI is InChI=1S/C28H31N5O3/c1-31(35-2)28(34)23-8-5-7-22(20-23)25-9-6-10-27-29-26(30-33(25)27)19-21-11-13-24(14-12-21)36-18-17-32-15-3-4-16-32/h5-14,20H,3-4,15-19H2,1-2H3. The molecule has 1 aliphatic rings. The van der Waals surface area contributed by atoms with Crippen LogP contribution in [0.2, 0.25) is 0 Å². The second-order valence-electron chi connectivity index (χ2n) is 8.99. The van der Waals surface area contributed by atoms with Crippen LogP contribution in [0.5, 0.6) is 5.75 Å². The van der Waals surface area contributed by atoms with Gasteiger partial charge in [-0.15, -0.1) is 0 Å². The summed E-state index contributed by atoms with van der Waals surface area (Å²) in [6.45, 7) is 4.07. The monoisotopic (exact) mass is 485 g/mol. The molecule has 1 aliphatic heterocycles. The summed E-state index contributed by atoms with van der Waals surface area (Å²) in [6.07, 6.45) is 3.21. The first-order chi connectivity index (χ1) is 17.6. The molecule has 0 unspecified atom stereocenters. The van der Waals surface area contributed by atoms with E-state index in [1.54, 1.807) is 13.1 Å². The average Bonchev–Trinajstić information content (AvgIpc) is 3.58. The first-order valence-electron chi connectivity index (χ1n) is 12.3. The Labute approximate surface area is 211 Å². The van der Waals surface area contributed by atoms with Crippen LogP contribution >= 0.6 is 0 Å². The molecule has 8 heteroatoms. The van der Waals surface area contributed by atoms with Gasteiger partial charge in [0.25, 0.3) is 5.91 Å². The van der Waals surface area contributed by atoms with Gasteiger partial charge in [-0.2, -0.15) is 5.10 Å². The van der Waals surface area contributed by atoms with Crippen LogP contribution in [-0.4, -0.2) is 70.9 Å². The van der Waals surface area contributed by atoms with E-state index >= 15 is 0 Å². The number of rotatable bonds is 9. The molecule has 36 heavy (non-hydrogen) atoms. The molecule has 186 valence electrons. The van der Waals surface area contributed by atoms with Crippen molar-refractivity contribution in [1.29, 1.82) is 0 Å². The Bertz CT molecular complexity index is 1330. The number of pyridine rings is 1. The predicted octanol–water partition coefficient (Wildman–Crippen LogP) is 4.10. The quantitative estimate of drug-likeness (QED) is 0.333. The van der Waals surface area contributed by atoms with Gasteiger partial charge in [0.15, 0.2) is 11.5 Å². The van der Waals surface area contributed by atoms with Crippen LogP contribution in [0.4, 0.5) is 0 Å². The van der Waals surface area contributed by atoms with Crippen LogP contribution in [0.15, 0.2) is 66.7 Å². The van der Waals surface area contributed by atoms with E-state index in [0.717, 1.165) is 40.6 Å². The Kier molecular flexibility index (Phi) is 7.25. The van der Waals surface area contributed by atoms with Gasteiger partial charge in [0.2, 0.25) is 0 Å². The highest BCUT2D eigenvalue weighted by Crippen LogP contribution is 2.23. The van der Waals surface area contributed by atoms with Crippen molar-refractivity contribution in [2.75, 3.05) is 40.4 Å². The maximum atomic E-state index is 12.5. The number of hydroxylamine groups is 2. The number of amides is 1. The molecule has 0 saturated carbocycles. The van der Waals surface area contributed by atoms with Gasteiger partial charge in [0.1, 0.15) is 12.4 Å². The van der Waals surface area contributed by atoms with Crippen LogP contribution in [0.1, 0.15) is 34.6 Å². The van der Waals surface area contributed by atoms with Crippen LogP contribution in [0.3, 0.4) is 0 Å². The number of carbonyl (C=O) groups excluding carboxylic acids is 1. The van der Waals surface area contributed by atoms with Crippen LogP contribution < -0.4 is 4.74 Å². The second-order valence-corrected chi connectivity index (χ2v) is 8.99. The summed E-state index contributed by atoms with van der Waals surface area (Å²) in [7, 11) is 3.06. The first-order valence-corrected chi connectivity index (χ1v) is 12.3. The number of likely N-dealkylation sites (tertiary alicyclic amines) is 1. The van der Waals surface area contributed by atoms with E-state index < -0.39 is 0 Å². The maximum Gasteiger partial charge on any atom is 0.277 e. The zero-order valence-corrected chi connectivity index (χ0v) is 20.8. The zero-order chi connectivity index (χ0) is 24.9. The third kappa shape index (κ3) is 5.40. The summed E-state index contributed by atoms with van der Waals surface area (Å²) < 4.78 is 7.75. The van der Waals surface area contributed by atoms with Crippen molar-refractivity contribution in [2.45, 2.75) is 19.3 Å². The van der Waals surface area contributed by atoms with Gasteiger partial charge in [-0.05, 0) is 67.9 Å². The average molecular weight is 486 g/mol. The van der Waals surface area contributed by atoms with Crippen molar-refractivity contribution in [3.63, 3.8) is 0 Å². The van der Waals surface area contributed by atoms with Crippen LogP contribution in [-0.2, 0) is 11.3 Å². The molecule has 8 nitrogen and oxygen atoms in total. The predicted molar refractivity (Wildman–Crippen MR) is 138 cm³/mol. The molecule has 0 spiro atoms. The molecule has 1 saturated heterocycles. The summed E-state index contributed by atoms with van der Waals surface area (Å²) >= 11 is 0. The lowest BCUT2D eigenvalue weighted by Crippen LogP contribution is -2.25. The minimum Gasteiger partial charge on any atom is -0.492 e. The van der Waals surface area contributed by atoms with Crippen molar-refractivity contribution < 1.29 is 14.4 Å². The molecule has 2 aromatic heterocycles. The van der Waals surface area contributed by atoms with Crippen LogP contribution in [0.25, 0.3) is 16.9 Å². The topological polar surface area (TPSA) is 72.2 Å². The van der Waals surface area contributed by atoms with Gasteiger partial charge in [0.05, 0.1) is 12.8 Å². The summed E-state index contributed by atoms with van der Waals surface area (Å²) in [5.41, 5.74) is 4.16. The molecule has 0 N–H and O–H groups in total. The number of hydrogen-bond donors (Lipinski definition) is 0. The van der Waals surface area contributed by atoms with E-state index in [1.807, 2.05) is 53.0 Å². The number of hydrogen-bond acceptors (Lipinski definition) is 6. The van der Waals surface area contributed by atoms with E-state index in [2.05, 4.69) is 17.0 Å². The number of aromatic nitrogens is 3. The molecule has 4 aromatic rings. The molecular formula is C28H31N5O3. The number of carbonyl (C=O) groups is 1. The van der Waals surface area contributed by atoms with Gasteiger partial charge in [-0.1, -0.05) is 30.3 Å². The first kappa shape index (κ1) is 24.0. The maximum absolute atomic E-state index is 12.5. The van der Waals surface area contributed by atoms with E-state index in [9.17, 15) is 4.79 Å². The fourth-order valence-corrected chi connectivity index (χ4v) is 4.50. The normalized spacial score (nSPS) is 13.8. The smallest absolute Gasteiger partial charge is 0.277 e. The fourth-order valence-electron chi connectivity index (χ4n) is 4.50. The highest BCUT2D eigenvalue weighted by Gasteiger charge is 2.15. The van der Waals surface area contributed by atoms with E-state index in [1.165, 1.54) is 38.1 Å². The number of nitrogens with zero attached hydrogens (tertiary/aromatic N) is 5. The molecule has 3 heterocycles. The number of benzene rings is 2. The molecule has 2 aromatic carbocycles. The summed E-state index contributed by atoms with van der Waals surface area (Å²) in [4.78, 5) is 24.7. The van der Waals surface area contributed by atoms with Gasteiger partial charge in [-0.3, -0.25) is 14.5 Å². The Morgan fingerprint density at radius 2 is 1.81 bits per heavy atom. The SMILES string of the molecule is CON(C)C(=O)c1cccc(-c2cccc3nc(Cc4ccc(OCCN5CCCC5)cc4)nn23)c1. The number of fused-ring (bicyclic) bond motifs is 1. The molecule has 5 rings (SSSR count). The Hall–Kier alpha value is -3.75.